The van der Waals surface area contributed by atoms with E-state index in [-0.39, 0.29) is 5.97 Å². The van der Waals surface area contributed by atoms with Crippen LogP contribution in [0.1, 0.15) is 16.0 Å². The van der Waals surface area contributed by atoms with E-state index >= 15 is 0 Å². The van der Waals surface area contributed by atoms with Crippen LogP contribution < -0.4 is 0 Å². The van der Waals surface area contributed by atoms with Gasteiger partial charge >= 0.3 is 5.97 Å². The number of rotatable bonds is 5. The maximum atomic E-state index is 11.8. The second-order valence-corrected chi connectivity index (χ2v) is 5.11. The molecule has 104 valence electrons. The lowest BCUT2D eigenvalue weighted by Gasteiger charge is -2.07. The van der Waals surface area contributed by atoms with Crippen LogP contribution in [0.2, 0.25) is 0 Å². The van der Waals surface area contributed by atoms with E-state index in [9.17, 15) is 4.79 Å². The summed E-state index contributed by atoms with van der Waals surface area (Å²) in [6.45, 7) is 0. The zero-order chi connectivity index (χ0) is 14.4. The zero-order valence-corrected chi connectivity index (χ0v) is 12.3. The van der Waals surface area contributed by atoms with Crippen LogP contribution in [0.25, 0.3) is 5.57 Å². The number of hydrogen-bond acceptors (Lipinski definition) is 4. The Bertz CT molecular complexity index is 599. The van der Waals surface area contributed by atoms with Crippen LogP contribution in [0.3, 0.4) is 0 Å². The lowest BCUT2D eigenvalue weighted by molar-refractivity contribution is -0.133. The maximum absolute atomic E-state index is 11.8. The Morgan fingerprint density at radius 2 is 1.95 bits per heavy atom. The highest BCUT2D eigenvalue weighted by Gasteiger charge is 2.18. The smallest absolute Gasteiger partial charge is 0.342 e. The minimum atomic E-state index is -0.386. The Hall–Kier alpha value is -2.07. The van der Waals surface area contributed by atoms with Gasteiger partial charge in [-0.3, -0.25) is 0 Å². The van der Waals surface area contributed by atoms with E-state index in [2.05, 4.69) is 12.1 Å². The minimum absolute atomic E-state index is 0.386. The minimum Gasteiger partial charge on any atom is -0.503 e. The highest BCUT2D eigenvalue weighted by atomic mass is 32.1. The molecule has 0 bridgehead atoms. The molecule has 0 atom stereocenters. The lowest BCUT2D eigenvalue weighted by atomic mass is 10.0. The van der Waals surface area contributed by atoms with Gasteiger partial charge in [0, 0.05) is 4.88 Å². The molecule has 0 unspecified atom stereocenters. The molecule has 0 aliphatic heterocycles. The van der Waals surface area contributed by atoms with Gasteiger partial charge in [-0.25, -0.2) is 4.79 Å². The summed E-state index contributed by atoms with van der Waals surface area (Å²) in [7, 11) is 2.89. The molecule has 0 aliphatic rings. The fraction of sp³-hybridized carbons (Fsp3) is 0.188. The Labute approximate surface area is 122 Å². The first kappa shape index (κ1) is 14.3. The SMILES string of the molecule is CO/C=C(\C(=O)OC)c1sccc1Cc1ccccc1. The van der Waals surface area contributed by atoms with Gasteiger partial charge in [-0.15, -0.1) is 11.3 Å². The van der Waals surface area contributed by atoms with E-state index in [0.29, 0.717) is 5.57 Å². The van der Waals surface area contributed by atoms with E-state index in [0.717, 1.165) is 16.9 Å². The topological polar surface area (TPSA) is 35.5 Å². The van der Waals surface area contributed by atoms with Crippen LogP contribution in [0.5, 0.6) is 0 Å². The van der Waals surface area contributed by atoms with Gasteiger partial charge < -0.3 is 9.47 Å². The van der Waals surface area contributed by atoms with Crippen LogP contribution >= 0.6 is 11.3 Å². The van der Waals surface area contributed by atoms with Crippen molar-refractivity contribution in [1.29, 1.82) is 0 Å². The molecule has 1 heterocycles. The monoisotopic (exact) mass is 288 g/mol. The van der Waals surface area contributed by atoms with Crippen LogP contribution in [-0.2, 0) is 20.7 Å². The van der Waals surface area contributed by atoms with Crippen molar-refractivity contribution in [3.8, 4) is 0 Å². The third kappa shape index (κ3) is 3.27. The molecule has 1 aromatic heterocycles. The van der Waals surface area contributed by atoms with Crippen molar-refractivity contribution in [2.24, 2.45) is 0 Å². The summed E-state index contributed by atoms with van der Waals surface area (Å²) in [6.07, 6.45) is 2.21. The summed E-state index contributed by atoms with van der Waals surface area (Å²) in [5.74, 6) is -0.386. The first-order chi connectivity index (χ1) is 9.76. The average Bonchev–Trinajstić information content (AvgIpc) is 2.93. The first-order valence-electron chi connectivity index (χ1n) is 6.18. The molecule has 4 heteroatoms. The van der Waals surface area contributed by atoms with Crippen LogP contribution in [0.4, 0.5) is 0 Å². The lowest BCUT2D eigenvalue weighted by Crippen LogP contribution is -2.05. The Kier molecular flexibility index (Phi) is 4.96. The summed E-state index contributed by atoms with van der Waals surface area (Å²) < 4.78 is 9.81. The number of methoxy groups -OCH3 is 2. The summed E-state index contributed by atoms with van der Waals surface area (Å²) >= 11 is 1.51. The largest absolute Gasteiger partial charge is 0.503 e. The second kappa shape index (κ2) is 6.91. The molecule has 0 spiro atoms. The summed E-state index contributed by atoms with van der Waals surface area (Å²) in [6, 6.07) is 12.2. The third-order valence-corrected chi connectivity index (χ3v) is 3.86. The Morgan fingerprint density at radius 1 is 1.20 bits per heavy atom. The first-order valence-corrected chi connectivity index (χ1v) is 7.06. The van der Waals surface area contributed by atoms with Gasteiger partial charge in [0.1, 0.15) is 5.57 Å². The molecule has 2 rings (SSSR count). The van der Waals surface area contributed by atoms with Crippen molar-refractivity contribution in [3.63, 3.8) is 0 Å². The Balaban J connectivity index is 2.32. The van der Waals surface area contributed by atoms with Gasteiger partial charge in [0.15, 0.2) is 0 Å². The highest BCUT2D eigenvalue weighted by Crippen LogP contribution is 2.28. The number of carbonyl (C=O) groups excluding carboxylic acids is 1. The number of carbonyl (C=O) groups is 1. The fourth-order valence-electron chi connectivity index (χ4n) is 1.95. The van der Waals surface area contributed by atoms with E-state index in [1.54, 1.807) is 0 Å². The predicted octanol–water partition coefficient (Wildman–Crippen LogP) is 3.50. The molecule has 0 aliphatic carbocycles. The van der Waals surface area contributed by atoms with E-state index in [4.69, 9.17) is 9.47 Å². The van der Waals surface area contributed by atoms with Crippen molar-refractivity contribution < 1.29 is 14.3 Å². The van der Waals surface area contributed by atoms with Crippen LogP contribution in [0, 0.1) is 0 Å². The number of ether oxygens (including phenoxy) is 2. The fourth-order valence-corrected chi connectivity index (χ4v) is 2.87. The van der Waals surface area contributed by atoms with Gasteiger partial charge in [-0.1, -0.05) is 30.3 Å². The predicted molar refractivity (Wildman–Crippen MR) is 80.6 cm³/mol. The molecule has 0 N–H and O–H groups in total. The van der Waals surface area contributed by atoms with Crippen LogP contribution in [-0.4, -0.2) is 20.2 Å². The second-order valence-electron chi connectivity index (χ2n) is 4.20. The average molecular weight is 288 g/mol. The van der Waals surface area contributed by atoms with E-state index < -0.39 is 0 Å². The third-order valence-electron chi connectivity index (χ3n) is 2.87. The number of thiophene rings is 1. The molecule has 0 saturated heterocycles. The molecule has 20 heavy (non-hydrogen) atoms. The van der Waals surface area contributed by atoms with E-state index in [1.807, 2.05) is 29.6 Å². The number of esters is 1. The standard InChI is InChI=1S/C16H16O3S/c1-18-11-14(16(17)19-2)15-13(8-9-20-15)10-12-6-4-3-5-7-12/h3-9,11H,10H2,1-2H3/b14-11-. The zero-order valence-electron chi connectivity index (χ0n) is 11.5. The summed E-state index contributed by atoms with van der Waals surface area (Å²) in [5, 5.41) is 1.97. The molecule has 0 radical (unpaired) electrons. The molecular weight excluding hydrogens is 272 g/mol. The van der Waals surface area contributed by atoms with Gasteiger partial charge in [-0.05, 0) is 29.0 Å². The van der Waals surface area contributed by atoms with Crippen molar-refractivity contribution in [3.05, 3.63) is 64.0 Å². The summed E-state index contributed by atoms with van der Waals surface area (Å²) in [4.78, 5) is 12.7. The molecule has 0 saturated carbocycles. The van der Waals surface area contributed by atoms with Crippen molar-refractivity contribution in [1.82, 2.24) is 0 Å². The number of benzene rings is 1. The summed E-state index contributed by atoms with van der Waals surface area (Å²) in [5.41, 5.74) is 2.75. The van der Waals surface area contributed by atoms with Gasteiger partial charge in [0.05, 0.1) is 20.5 Å². The highest BCUT2D eigenvalue weighted by molar-refractivity contribution is 7.11. The quantitative estimate of drug-likeness (QED) is 0.480. The molecule has 3 nitrogen and oxygen atoms in total. The van der Waals surface area contributed by atoms with Gasteiger partial charge in [-0.2, -0.15) is 0 Å². The van der Waals surface area contributed by atoms with Gasteiger partial charge in [0.2, 0.25) is 0 Å². The number of hydrogen-bond donors (Lipinski definition) is 0. The van der Waals surface area contributed by atoms with Crippen LogP contribution in [0.15, 0.2) is 48.0 Å². The molecule has 0 amide bonds. The molecule has 0 fully saturated rings. The van der Waals surface area contributed by atoms with E-state index in [1.165, 1.54) is 37.4 Å². The Morgan fingerprint density at radius 3 is 2.60 bits per heavy atom. The van der Waals surface area contributed by atoms with Crippen molar-refractivity contribution >= 4 is 22.9 Å². The van der Waals surface area contributed by atoms with Crippen molar-refractivity contribution in [2.45, 2.75) is 6.42 Å². The molecular formula is C16H16O3S. The van der Waals surface area contributed by atoms with Crippen molar-refractivity contribution in [2.75, 3.05) is 14.2 Å². The van der Waals surface area contributed by atoms with Gasteiger partial charge in [0.25, 0.3) is 0 Å². The normalized spacial score (nSPS) is 11.2. The molecule has 1 aromatic carbocycles. The maximum Gasteiger partial charge on any atom is 0.342 e. The molecule has 2 aromatic rings.